The summed E-state index contributed by atoms with van der Waals surface area (Å²) in [5.41, 5.74) is 4.28. The summed E-state index contributed by atoms with van der Waals surface area (Å²) >= 11 is 5.82. The van der Waals surface area contributed by atoms with Crippen LogP contribution < -0.4 is 15.4 Å². The van der Waals surface area contributed by atoms with Crippen LogP contribution >= 0.6 is 11.6 Å². The first-order chi connectivity index (χ1) is 21.4. The lowest BCUT2D eigenvalue weighted by atomic mass is 10.1. The van der Waals surface area contributed by atoms with Gasteiger partial charge in [0, 0.05) is 35.4 Å². The molecule has 0 saturated carbocycles. The monoisotopic (exact) mass is 617 g/mol. The number of rotatable bonds is 11. The quantitative estimate of drug-likeness (QED) is 0.174. The van der Waals surface area contributed by atoms with Gasteiger partial charge in [-0.3, -0.25) is 4.79 Å². The Balaban J connectivity index is 1.21. The van der Waals surface area contributed by atoms with Crippen molar-refractivity contribution in [3.8, 4) is 17.1 Å². The predicted molar refractivity (Wildman–Crippen MR) is 168 cm³/mol. The Morgan fingerprint density at radius 2 is 1.86 bits per heavy atom. The predicted octanol–water partition coefficient (Wildman–Crippen LogP) is 7.07. The lowest BCUT2D eigenvalue weighted by Crippen LogP contribution is -2.27. The van der Waals surface area contributed by atoms with Crippen LogP contribution in [0, 0.1) is 5.82 Å². The fourth-order valence-electron chi connectivity index (χ4n) is 4.86. The molecule has 2 N–H and O–H groups in total. The molecular weight excluding hydrogens is 585 g/mol. The van der Waals surface area contributed by atoms with E-state index < -0.39 is 11.8 Å². The summed E-state index contributed by atoms with van der Waals surface area (Å²) in [7, 11) is 1.33. The molecule has 1 aromatic heterocycles. The van der Waals surface area contributed by atoms with E-state index >= 15 is 0 Å². The van der Waals surface area contributed by atoms with E-state index in [1.54, 1.807) is 36.4 Å². The smallest absolute Gasteiger partial charge is 0.337 e. The van der Waals surface area contributed by atoms with Gasteiger partial charge in [-0.15, -0.1) is 0 Å². The summed E-state index contributed by atoms with van der Waals surface area (Å²) in [4.78, 5) is 29.7. The minimum absolute atomic E-state index is 0.0184. The van der Waals surface area contributed by atoms with E-state index in [0.717, 1.165) is 37.0 Å². The SMILES string of the molecule is COC(=O)c1ccc(NC(=O)Cc2ccc(-c3cccc(OCc4ccc(Cl)cc4F)n3)cc2)c(NCC2CCCCO2)c1. The molecule has 10 heteroatoms. The number of hydrogen-bond donors (Lipinski definition) is 2. The molecule has 3 aromatic carbocycles. The van der Waals surface area contributed by atoms with E-state index in [-0.39, 0.29) is 25.0 Å². The maximum Gasteiger partial charge on any atom is 0.337 e. The summed E-state index contributed by atoms with van der Waals surface area (Å²) in [5, 5.41) is 6.62. The van der Waals surface area contributed by atoms with Crippen LogP contribution in [0.4, 0.5) is 15.8 Å². The van der Waals surface area contributed by atoms with E-state index in [9.17, 15) is 14.0 Å². The number of halogens is 2. The number of hydrogen-bond acceptors (Lipinski definition) is 7. The highest BCUT2D eigenvalue weighted by molar-refractivity contribution is 6.30. The summed E-state index contributed by atoms with van der Waals surface area (Å²) in [6, 6.07) is 22.3. The molecule has 8 nitrogen and oxygen atoms in total. The van der Waals surface area contributed by atoms with Gasteiger partial charge in [-0.2, -0.15) is 0 Å². The zero-order valence-electron chi connectivity index (χ0n) is 24.3. The Morgan fingerprint density at radius 3 is 2.61 bits per heavy atom. The van der Waals surface area contributed by atoms with E-state index in [4.69, 9.17) is 25.8 Å². The van der Waals surface area contributed by atoms with E-state index in [1.165, 1.54) is 13.2 Å². The lowest BCUT2D eigenvalue weighted by molar-refractivity contribution is -0.115. The Labute approximate surface area is 260 Å². The second kappa shape index (κ2) is 14.8. The minimum Gasteiger partial charge on any atom is -0.473 e. The van der Waals surface area contributed by atoms with E-state index in [0.29, 0.717) is 45.6 Å². The van der Waals surface area contributed by atoms with Crippen molar-refractivity contribution in [2.75, 3.05) is 30.9 Å². The molecule has 1 unspecified atom stereocenters. The van der Waals surface area contributed by atoms with Gasteiger partial charge < -0.3 is 24.8 Å². The zero-order chi connectivity index (χ0) is 30.9. The number of aromatic nitrogens is 1. The summed E-state index contributed by atoms with van der Waals surface area (Å²) < 4.78 is 30.5. The third-order valence-electron chi connectivity index (χ3n) is 7.24. The van der Waals surface area contributed by atoms with Gasteiger partial charge in [0.05, 0.1) is 42.3 Å². The Kier molecular flexibility index (Phi) is 10.4. The van der Waals surface area contributed by atoms with Crippen molar-refractivity contribution in [2.45, 2.75) is 38.4 Å². The van der Waals surface area contributed by atoms with Gasteiger partial charge in [0.25, 0.3) is 0 Å². The molecule has 1 atom stereocenters. The lowest BCUT2D eigenvalue weighted by Gasteiger charge is -2.24. The third-order valence-corrected chi connectivity index (χ3v) is 7.47. The van der Waals surface area contributed by atoms with Crippen molar-refractivity contribution in [3.63, 3.8) is 0 Å². The van der Waals surface area contributed by atoms with Crippen LogP contribution in [0.25, 0.3) is 11.3 Å². The molecule has 1 aliphatic rings. The molecule has 4 aromatic rings. The molecule has 0 spiro atoms. The standard InChI is InChI=1S/C34H33ClFN3O5/c1-42-34(41)24-13-15-30(31(18-24)37-20-27-5-2-3-16-43-27)38-32(40)17-22-8-10-23(11-9-22)29-6-4-7-33(39-29)44-21-25-12-14-26(35)19-28(25)36/h4,6-15,18-19,27,37H,2-3,5,16-17,20-21H2,1H3,(H,38,40). The van der Waals surface area contributed by atoms with Crippen molar-refractivity contribution in [1.82, 2.24) is 4.98 Å². The van der Waals surface area contributed by atoms with Gasteiger partial charge in [-0.25, -0.2) is 14.2 Å². The largest absolute Gasteiger partial charge is 0.473 e. The van der Waals surface area contributed by atoms with Crippen molar-refractivity contribution >= 4 is 34.9 Å². The zero-order valence-corrected chi connectivity index (χ0v) is 25.0. The Morgan fingerprint density at radius 1 is 1.02 bits per heavy atom. The molecule has 2 heterocycles. The van der Waals surface area contributed by atoms with Crippen LogP contribution in [-0.2, 0) is 27.3 Å². The molecule has 44 heavy (non-hydrogen) atoms. The van der Waals surface area contributed by atoms with E-state index in [2.05, 4.69) is 15.6 Å². The minimum atomic E-state index is -0.457. The van der Waals surface area contributed by atoms with Crippen molar-refractivity contribution in [1.29, 1.82) is 0 Å². The van der Waals surface area contributed by atoms with Gasteiger partial charge in [0.15, 0.2) is 0 Å². The fraction of sp³-hybridized carbons (Fsp3) is 0.265. The van der Waals surface area contributed by atoms with Crippen molar-refractivity contribution in [2.24, 2.45) is 0 Å². The Hall–Kier alpha value is -4.47. The first-order valence-electron chi connectivity index (χ1n) is 14.4. The number of carbonyl (C=O) groups is 2. The molecule has 228 valence electrons. The van der Waals surface area contributed by atoms with Crippen molar-refractivity contribution in [3.05, 3.63) is 106 Å². The summed E-state index contributed by atoms with van der Waals surface area (Å²) in [5.74, 6) is -0.739. The number of amides is 1. The van der Waals surface area contributed by atoms with Crippen LogP contribution in [0.5, 0.6) is 5.88 Å². The number of carbonyl (C=O) groups excluding carboxylic acids is 2. The normalized spacial score (nSPS) is 14.5. The number of anilines is 2. The van der Waals surface area contributed by atoms with Crippen LogP contribution in [0.3, 0.4) is 0 Å². The number of benzene rings is 3. The molecule has 0 bridgehead atoms. The average Bonchev–Trinajstić information content (AvgIpc) is 3.04. The third kappa shape index (κ3) is 8.33. The highest BCUT2D eigenvalue weighted by Gasteiger charge is 2.17. The number of methoxy groups -OCH3 is 1. The first-order valence-corrected chi connectivity index (χ1v) is 14.8. The maximum absolute atomic E-state index is 14.1. The molecule has 1 aliphatic heterocycles. The van der Waals surface area contributed by atoms with Gasteiger partial charge in [0.2, 0.25) is 11.8 Å². The molecule has 0 aliphatic carbocycles. The van der Waals surface area contributed by atoms with Crippen LogP contribution in [0.15, 0.2) is 78.9 Å². The van der Waals surface area contributed by atoms with Gasteiger partial charge in [-0.1, -0.05) is 48.0 Å². The van der Waals surface area contributed by atoms with E-state index in [1.807, 2.05) is 36.4 Å². The molecule has 1 amide bonds. The molecule has 1 fully saturated rings. The van der Waals surface area contributed by atoms with Crippen LogP contribution in [-0.4, -0.2) is 43.2 Å². The second-order valence-corrected chi connectivity index (χ2v) is 10.9. The van der Waals surface area contributed by atoms with Gasteiger partial charge >= 0.3 is 5.97 Å². The van der Waals surface area contributed by atoms with Crippen molar-refractivity contribution < 1.29 is 28.2 Å². The van der Waals surface area contributed by atoms with Gasteiger partial charge in [-0.05, 0) is 61.2 Å². The summed E-state index contributed by atoms with van der Waals surface area (Å²) in [6.45, 7) is 1.31. The van der Waals surface area contributed by atoms with Crippen LogP contribution in [0.1, 0.15) is 40.7 Å². The molecular formula is C34H33ClFN3O5. The second-order valence-electron chi connectivity index (χ2n) is 10.4. The number of ether oxygens (including phenoxy) is 3. The Bertz CT molecular complexity index is 1610. The molecule has 1 saturated heterocycles. The fourth-order valence-corrected chi connectivity index (χ4v) is 5.01. The number of nitrogens with one attached hydrogen (secondary N) is 2. The summed E-state index contributed by atoms with van der Waals surface area (Å²) in [6.07, 6.45) is 3.34. The highest BCUT2D eigenvalue weighted by atomic mass is 35.5. The first kappa shape index (κ1) is 31.0. The maximum atomic E-state index is 14.1. The number of nitrogens with zero attached hydrogens (tertiary/aromatic N) is 1. The molecule has 0 radical (unpaired) electrons. The number of esters is 1. The molecule has 5 rings (SSSR count). The number of pyridine rings is 1. The van der Waals surface area contributed by atoms with Crippen LogP contribution in [0.2, 0.25) is 5.02 Å². The topological polar surface area (TPSA) is 98.8 Å². The van der Waals surface area contributed by atoms with Gasteiger partial charge in [0.1, 0.15) is 12.4 Å². The average molecular weight is 618 g/mol. The highest BCUT2D eigenvalue weighted by Crippen LogP contribution is 2.26.